The summed E-state index contributed by atoms with van der Waals surface area (Å²) in [6.07, 6.45) is 0.359. The zero-order valence-corrected chi connectivity index (χ0v) is 11.0. The van der Waals surface area contributed by atoms with Gasteiger partial charge in [0, 0.05) is 6.42 Å². The van der Waals surface area contributed by atoms with Crippen molar-refractivity contribution in [1.82, 2.24) is 0 Å². The van der Waals surface area contributed by atoms with Crippen molar-refractivity contribution in [2.45, 2.75) is 33.1 Å². The van der Waals surface area contributed by atoms with Gasteiger partial charge in [0.2, 0.25) is 5.91 Å². The number of carbonyl (C=O) groups excluding carboxylic acids is 1. The van der Waals surface area contributed by atoms with Crippen LogP contribution >= 0.6 is 0 Å². The molecule has 0 aliphatic rings. The fourth-order valence-electron chi connectivity index (χ4n) is 2.17. The van der Waals surface area contributed by atoms with Crippen molar-refractivity contribution in [2.24, 2.45) is 11.7 Å². The highest BCUT2D eigenvalue weighted by Crippen LogP contribution is 2.36. The van der Waals surface area contributed by atoms with Gasteiger partial charge in [-0.25, -0.2) is 0 Å². The van der Waals surface area contributed by atoms with Crippen molar-refractivity contribution in [3.63, 3.8) is 0 Å². The number of nitrogens with two attached hydrogens (primary N) is 1. The lowest BCUT2D eigenvalue weighted by Gasteiger charge is -2.23. The van der Waals surface area contributed by atoms with Gasteiger partial charge in [0.05, 0.1) is 7.11 Å². The fraction of sp³-hybridized carbons (Fsp3) is 0.500. The molecule has 0 spiro atoms. The van der Waals surface area contributed by atoms with E-state index in [2.05, 4.69) is 13.8 Å². The number of benzene rings is 1. The average Bonchev–Trinajstić information content (AvgIpc) is 2.25. The first-order valence-electron chi connectivity index (χ1n) is 5.89. The average molecular weight is 235 g/mol. The molecule has 1 aromatic carbocycles. The van der Waals surface area contributed by atoms with Crippen LogP contribution in [0.25, 0.3) is 0 Å². The number of methoxy groups -OCH3 is 1. The van der Waals surface area contributed by atoms with Gasteiger partial charge in [0.15, 0.2) is 0 Å². The van der Waals surface area contributed by atoms with E-state index in [1.807, 2.05) is 25.1 Å². The third kappa shape index (κ3) is 3.22. The molecule has 0 aliphatic carbocycles. The molecule has 0 saturated heterocycles. The number of ether oxygens (including phenoxy) is 1. The summed E-state index contributed by atoms with van der Waals surface area (Å²) in [5.41, 5.74) is 7.47. The first-order valence-corrected chi connectivity index (χ1v) is 5.89. The lowest BCUT2D eigenvalue weighted by Crippen LogP contribution is -2.19. The van der Waals surface area contributed by atoms with Crippen molar-refractivity contribution in [2.75, 3.05) is 7.11 Å². The summed E-state index contributed by atoms with van der Waals surface area (Å²) in [7, 11) is 1.66. The smallest absolute Gasteiger partial charge is 0.218 e. The Balaban J connectivity index is 3.18. The monoisotopic (exact) mass is 235 g/mol. The highest BCUT2D eigenvalue weighted by molar-refractivity contribution is 5.75. The number of para-hydroxylation sites is 1. The van der Waals surface area contributed by atoms with E-state index in [0.717, 1.165) is 16.9 Å². The zero-order valence-electron chi connectivity index (χ0n) is 11.0. The van der Waals surface area contributed by atoms with Gasteiger partial charge in [-0.15, -0.1) is 0 Å². The molecule has 94 valence electrons. The molecule has 1 atom stereocenters. The second-order valence-electron chi connectivity index (χ2n) is 4.72. The Morgan fingerprint density at radius 2 is 2.06 bits per heavy atom. The van der Waals surface area contributed by atoms with Crippen LogP contribution in [0.1, 0.15) is 37.3 Å². The van der Waals surface area contributed by atoms with E-state index in [1.165, 1.54) is 0 Å². The van der Waals surface area contributed by atoms with Crippen molar-refractivity contribution in [1.29, 1.82) is 0 Å². The quantitative estimate of drug-likeness (QED) is 0.853. The van der Waals surface area contributed by atoms with Crippen LogP contribution in [-0.4, -0.2) is 13.0 Å². The molecule has 0 heterocycles. The number of aryl methyl sites for hydroxylation is 1. The zero-order chi connectivity index (χ0) is 13.0. The molecule has 17 heavy (non-hydrogen) atoms. The van der Waals surface area contributed by atoms with Gasteiger partial charge in [-0.3, -0.25) is 4.79 Å². The molecule has 0 aliphatic heterocycles. The molecule has 1 rings (SSSR count). The van der Waals surface area contributed by atoms with Gasteiger partial charge in [-0.05, 0) is 29.9 Å². The molecule has 3 nitrogen and oxygen atoms in total. The molecule has 3 heteroatoms. The van der Waals surface area contributed by atoms with Crippen molar-refractivity contribution < 1.29 is 9.53 Å². The van der Waals surface area contributed by atoms with Crippen LogP contribution in [0.4, 0.5) is 0 Å². The first-order chi connectivity index (χ1) is 7.97. The molecule has 1 aromatic rings. The second-order valence-corrected chi connectivity index (χ2v) is 4.72. The van der Waals surface area contributed by atoms with Gasteiger partial charge >= 0.3 is 0 Å². The Kier molecular flexibility index (Phi) is 4.55. The van der Waals surface area contributed by atoms with E-state index in [4.69, 9.17) is 10.5 Å². The van der Waals surface area contributed by atoms with Gasteiger partial charge in [-0.2, -0.15) is 0 Å². The van der Waals surface area contributed by atoms with E-state index >= 15 is 0 Å². The summed E-state index contributed by atoms with van der Waals surface area (Å²) in [6, 6.07) is 6.01. The number of primary amides is 1. The van der Waals surface area contributed by atoms with Crippen molar-refractivity contribution in [3.8, 4) is 5.75 Å². The van der Waals surface area contributed by atoms with Crippen LogP contribution in [0.2, 0.25) is 0 Å². The number of amides is 1. The van der Waals surface area contributed by atoms with Crippen LogP contribution < -0.4 is 10.5 Å². The number of rotatable bonds is 5. The van der Waals surface area contributed by atoms with Crippen LogP contribution in [0.5, 0.6) is 5.75 Å². The third-order valence-corrected chi connectivity index (χ3v) is 3.07. The Morgan fingerprint density at radius 1 is 1.41 bits per heavy atom. The lowest BCUT2D eigenvalue weighted by atomic mass is 9.84. The summed E-state index contributed by atoms with van der Waals surface area (Å²) < 4.78 is 5.44. The second kappa shape index (κ2) is 5.71. The summed E-state index contributed by atoms with van der Waals surface area (Å²) in [6.45, 7) is 6.19. The van der Waals surface area contributed by atoms with Crippen molar-refractivity contribution >= 4 is 5.91 Å². The van der Waals surface area contributed by atoms with Crippen LogP contribution in [0.3, 0.4) is 0 Å². The largest absolute Gasteiger partial charge is 0.496 e. The predicted octanol–water partition coefficient (Wildman–Crippen LogP) is 2.62. The molecule has 0 saturated carbocycles. The minimum absolute atomic E-state index is 0.113. The van der Waals surface area contributed by atoms with Crippen LogP contribution in [0.15, 0.2) is 18.2 Å². The summed E-state index contributed by atoms with van der Waals surface area (Å²) in [5, 5.41) is 0. The Morgan fingerprint density at radius 3 is 2.53 bits per heavy atom. The van der Waals surface area contributed by atoms with E-state index in [9.17, 15) is 4.79 Å². The maximum Gasteiger partial charge on any atom is 0.218 e. The molecular formula is C14H21NO2. The Bertz CT molecular complexity index is 399. The SMILES string of the molecule is COc1c(C)cccc1C(CC(N)=O)C(C)C. The predicted molar refractivity (Wildman–Crippen MR) is 69.1 cm³/mol. The van der Waals surface area contributed by atoms with Crippen LogP contribution in [-0.2, 0) is 4.79 Å². The molecule has 1 amide bonds. The Hall–Kier alpha value is -1.51. The molecule has 0 aromatic heterocycles. The van der Waals surface area contributed by atoms with Crippen LogP contribution in [0, 0.1) is 12.8 Å². The Labute approximate surface area is 103 Å². The molecular weight excluding hydrogens is 214 g/mol. The summed E-state index contributed by atoms with van der Waals surface area (Å²) >= 11 is 0. The van der Waals surface area contributed by atoms with Gasteiger partial charge < -0.3 is 10.5 Å². The van der Waals surface area contributed by atoms with Gasteiger partial charge in [0.1, 0.15) is 5.75 Å². The number of hydrogen-bond acceptors (Lipinski definition) is 2. The lowest BCUT2D eigenvalue weighted by molar-refractivity contribution is -0.118. The van der Waals surface area contributed by atoms with E-state index in [0.29, 0.717) is 12.3 Å². The maximum absolute atomic E-state index is 11.2. The molecule has 0 bridgehead atoms. The third-order valence-electron chi connectivity index (χ3n) is 3.07. The number of carbonyl (C=O) groups is 1. The minimum Gasteiger partial charge on any atom is -0.496 e. The molecule has 0 fully saturated rings. The standard InChI is InChI=1S/C14H21NO2/c1-9(2)12(8-13(15)16)11-7-5-6-10(3)14(11)17-4/h5-7,9,12H,8H2,1-4H3,(H2,15,16). The highest BCUT2D eigenvalue weighted by Gasteiger charge is 2.22. The van der Waals surface area contributed by atoms with Gasteiger partial charge in [-0.1, -0.05) is 32.0 Å². The normalized spacial score (nSPS) is 12.5. The fourth-order valence-corrected chi connectivity index (χ4v) is 2.17. The molecule has 2 N–H and O–H groups in total. The maximum atomic E-state index is 11.2. The topological polar surface area (TPSA) is 52.3 Å². The van der Waals surface area contributed by atoms with Crippen molar-refractivity contribution in [3.05, 3.63) is 29.3 Å². The summed E-state index contributed by atoms with van der Waals surface area (Å²) in [5.74, 6) is 1.06. The number of hydrogen-bond donors (Lipinski definition) is 1. The van der Waals surface area contributed by atoms with Gasteiger partial charge in [0.25, 0.3) is 0 Å². The van der Waals surface area contributed by atoms with E-state index < -0.39 is 0 Å². The van der Waals surface area contributed by atoms with E-state index in [1.54, 1.807) is 7.11 Å². The molecule has 0 radical (unpaired) electrons. The van der Waals surface area contributed by atoms with E-state index in [-0.39, 0.29) is 11.8 Å². The minimum atomic E-state index is -0.271. The first kappa shape index (κ1) is 13.6. The summed E-state index contributed by atoms with van der Waals surface area (Å²) in [4.78, 5) is 11.2. The molecule has 1 unspecified atom stereocenters. The highest BCUT2D eigenvalue weighted by atomic mass is 16.5.